The molecule has 2 amide bonds. The fourth-order valence-corrected chi connectivity index (χ4v) is 2.37. The van der Waals surface area contributed by atoms with E-state index in [-0.39, 0.29) is 16.9 Å². The molecule has 0 aliphatic carbocycles. The fraction of sp³-hybridized carbons (Fsp3) is 0.118. The van der Waals surface area contributed by atoms with Crippen molar-refractivity contribution in [3.63, 3.8) is 0 Å². The van der Waals surface area contributed by atoms with Gasteiger partial charge in [-0.05, 0) is 55.5 Å². The Kier molecular flexibility index (Phi) is 6.28. The lowest BCUT2D eigenvalue weighted by Crippen LogP contribution is -2.34. The minimum absolute atomic E-state index is 0.132. The molecule has 7 heteroatoms. The van der Waals surface area contributed by atoms with Crippen LogP contribution in [0.4, 0.5) is 5.69 Å². The van der Waals surface area contributed by atoms with Crippen molar-refractivity contribution < 1.29 is 9.59 Å². The predicted molar refractivity (Wildman–Crippen MR) is 99.6 cm³/mol. The molecule has 2 aromatic rings. The van der Waals surface area contributed by atoms with E-state index in [2.05, 4.69) is 16.0 Å². The number of thiocarbonyl (C=S) groups is 1. The van der Waals surface area contributed by atoms with Crippen LogP contribution in [0.2, 0.25) is 5.02 Å². The highest BCUT2D eigenvalue weighted by molar-refractivity contribution is 7.80. The van der Waals surface area contributed by atoms with Gasteiger partial charge in [-0.3, -0.25) is 14.9 Å². The van der Waals surface area contributed by atoms with Crippen LogP contribution in [0.25, 0.3) is 0 Å². The highest BCUT2D eigenvalue weighted by Gasteiger charge is 2.09. The quantitative estimate of drug-likeness (QED) is 0.731. The molecule has 124 valence electrons. The maximum absolute atomic E-state index is 12.1. The molecule has 0 saturated heterocycles. The number of hydrogen-bond acceptors (Lipinski definition) is 3. The van der Waals surface area contributed by atoms with E-state index in [0.29, 0.717) is 28.4 Å². The van der Waals surface area contributed by atoms with Crippen LogP contribution in [0.1, 0.15) is 27.6 Å². The molecule has 2 aromatic carbocycles. The third kappa shape index (κ3) is 5.04. The molecule has 0 radical (unpaired) electrons. The zero-order valence-electron chi connectivity index (χ0n) is 12.9. The first-order chi connectivity index (χ1) is 11.5. The number of benzene rings is 2. The van der Waals surface area contributed by atoms with E-state index in [1.165, 1.54) is 0 Å². The SMILES string of the molecule is CCNC(=O)c1cccc(NC(=S)NC(=O)c2cccc(Cl)c2)c1. The standard InChI is InChI=1S/C17H16ClN3O2S/c1-2-19-15(22)12-6-4-8-14(10-12)20-17(24)21-16(23)11-5-3-7-13(18)9-11/h3-10H,2H2,1H3,(H,19,22)(H2,20,21,23,24). The fourth-order valence-electron chi connectivity index (χ4n) is 1.97. The van der Waals surface area contributed by atoms with Gasteiger partial charge in [-0.2, -0.15) is 0 Å². The first kappa shape index (κ1) is 17.9. The van der Waals surface area contributed by atoms with Crippen molar-refractivity contribution in [3.8, 4) is 0 Å². The molecular weight excluding hydrogens is 346 g/mol. The summed E-state index contributed by atoms with van der Waals surface area (Å²) in [7, 11) is 0. The summed E-state index contributed by atoms with van der Waals surface area (Å²) < 4.78 is 0. The number of nitrogens with one attached hydrogen (secondary N) is 3. The Bertz CT molecular complexity index is 780. The molecule has 0 aliphatic heterocycles. The summed E-state index contributed by atoms with van der Waals surface area (Å²) in [5, 5.41) is 8.77. The van der Waals surface area contributed by atoms with E-state index >= 15 is 0 Å². The van der Waals surface area contributed by atoms with Crippen molar-refractivity contribution >= 4 is 46.4 Å². The summed E-state index contributed by atoms with van der Waals surface area (Å²) in [5.41, 5.74) is 1.52. The van der Waals surface area contributed by atoms with Crippen molar-refractivity contribution in [1.29, 1.82) is 0 Å². The summed E-state index contributed by atoms with van der Waals surface area (Å²) in [6.07, 6.45) is 0. The number of hydrogen-bond donors (Lipinski definition) is 3. The Hall–Kier alpha value is -2.44. The first-order valence-corrected chi connectivity index (χ1v) is 8.04. The smallest absolute Gasteiger partial charge is 0.257 e. The molecule has 0 heterocycles. The Morgan fingerprint density at radius 2 is 1.71 bits per heavy atom. The van der Waals surface area contributed by atoms with Crippen molar-refractivity contribution in [2.45, 2.75) is 6.92 Å². The number of halogens is 1. The van der Waals surface area contributed by atoms with E-state index in [9.17, 15) is 9.59 Å². The molecule has 2 rings (SSSR count). The summed E-state index contributed by atoms with van der Waals surface area (Å²) in [4.78, 5) is 23.9. The van der Waals surface area contributed by atoms with Crippen molar-refractivity contribution in [1.82, 2.24) is 10.6 Å². The van der Waals surface area contributed by atoms with Gasteiger partial charge in [-0.15, -0.1) is 0 Å². The first-order valence-electron chi connectivity index (χ1n) is 7.25. The number of rotatable bonds is 4. The van der Waals surface area contributed by atoms with Crippen LogP contribution in [0.15, 0.2) is 48.5 Å². The van der Waals surface area contributed by atoms with Gasteiger partial charge < -0.3 is 10.6 Å². The molecule has 0 aliphatic rings. The van der Waals surface area contributed by atoms with Gasteiger partial charge in [0.05, 0.1) is 0 Å². The second kappa shape index (κ2) is 8.42. The largest absolute Gasteiger partial charge is 0.352 e. The second-order valence-electron chi connectivity index (χ2n) is 4.86. The lowest BCUT2D eigenvalue weighted by molar-refractivity contribution is 0.0953. The highest BCUT2D eigenvalue weighted by Crippen LogP contribution is 2.12. The van der Waals surface area contributed by atoms with Crippen molar-refractivity contribution in [3.05, 3.63) is 64.7 Å². The van der Waals surface area contributed by atoms with Gasteiger partial charge >= 0.3 is 0 Å². The Morgan fingerprint density at radius 3 is 2.38 bits per heavy atom. The molecule has 0 aromatic heterocycles. The minimum atomic E-state index is -0.366. The maximum Gasteiger partial charge on any atom is 0.257 e. The van der Waals surface area contributed by atoms with Gasteiger partial charge in [0.15, 0.2) is 5.11 Å². The molecule has 0 bridgehead atoms. The number of carbonyl (C=O) groups is 2. The van der Waals surface area contributed by atoms with Gasteiger partial charge in [0.2, 0.25) is 0 Å². The second-order valence-corrected chi connectivity index (χ2v) is 5.70. The summed E-state index contributed by atoms with van der Waals surface area (Å²) in [5.74, 6) is -0.537. The molecular formula is C17H16ClN3O2S. The van der Waals surface area contributed by atoms with E-state index < -0.39 is 0 Å². The highest BCUT2D eigenvalue weighted by atomic mass is 35.5. The van der Waals surface area contributed by atoms with E-state index in [1.54, 1.807) is 48.5 Å². The zero-order chi connectivity index (χ0) is 17.5. The van der Waals surface area contributed by atoms with Crippen LogP contribution in [-0.2, 0) is 0 Å². The molecule has 3 N–H and O–H groups in total. The van der Waals surface area contributed by atoms with E-state index in [0.717, 1.165) is 0 Å². The van der Waals surface area contributed by atoms with Gasteiger partial charge in [0.1, 0.15) is 0 Å². The summed E-state index contributed by atoms with van der Waals surface area (Å²) in [6.45, 7) is 2.39. The van der Waals surface area contributed by atoms with Crippen LogP contribution in [0.5, 0.6) is 0 Å². The molecule has 0 spiro atoms. The molecule has 24 heavy (non-hydrogen) atoms. The van der Waals surface area contributed by atoms with Crippen LogP contribution in [0, 0.1) is 0 Å². The van der Waals surface area contributed by atoms with Gasteiger partial charge in [0, 0.05) is 28.4 Å². The maximum atomic E-state index is 12.1. The summed E-state index contributed by atoms with van der Waals surface area (Å²) in [6, 6.07) is 13.4. The topological polar surface area (TPSA) is 70.2 Å². The van der Waals surface area contributed by atoms with Crippen LogP contribution >= 0.6 is 23.8 Å². The minimum Gasteiger partial charge on any atom is -0.352 e. The van der Waals surface area contributed by atoms with Crippen LogP contribution < -0.4 is 16.0 Å². The molecule has 0 unspecified atom stereocenters. The Balaban J connectivity index is 2.01. The molecule has 0 saturated carbocycles. The monoisotopic (exact) mass is 361 g/mol. The number of anilines is 1. The Morgan fingerprint density at radius 1 is 1.04 bits per heavy atom. The average molecular weight is 362 g/mol. The molecule has 5 nitrogen and oxygen atoms in total. The van der Waals surface area contributed by atoms with E-state index in [4.69, 9.17) is 23.8 Å². The Labute approximate surface area is 150 Å². The molecule has 0 atom stereocenters. The summed E-state index contributed by atoms with van der Waals surface area (Å²) >= 11 is 11.0. The third-order valence-corrected chi connectivity index (χ3v) is 3.47. The van der Waals surface area contributed by atoms with Gasteiger partial charge in [-0.25, -0.2) is 0 Å². The lowest BCUT2D eigenvalue weighted by Gasteiger charge is -2.11. The normalized spacial score (nSPS) is 9.92. The van der Waals surface area contributed by atoms with Gasteiger partial charge in [-0.1, -0.05) is 23.7 Å². The zero-order valence-corrected chi connectivity index (χ0v) is 14.5. The van der Waals surface area contributed by atoms with Crippen molar-refractivity contribution in [2.75, 3.05) is 11.9 Å². The number of carbonyl (C=O) groups excluding carboxylic acids is 2. The average Bonchev–Trinajstić information content (AvgIpc) is 2.55. The van der Waals surface area contributed by atoms with Crippen LogP contribution in [0.3, 0.4) is 0 Å². The number of amides is 2. The van der Waals surface area contributed by atoms with E-state index in [1.807, 2.05) is 6.92 Å². The van der Waals surface area contributed by atoms with Gasteiger partial charge in [0.25, 0.3) is 11.8 Å². The predicted octanol–water partition coefficient (Wildman–Crippen LogP) is 3.22. The lowest BCUT2D eigenvalue weighted by atomic mass is 10.2. The third-order valence-electron chi connectivity index (χ3n) is 3.03. The van der Waals surface area contributed by atoms with Crippen molar-refractivity contribution in [2.24, 2.45) is 0 Å². The van der Waals surface area contributed by atoms with Crippen LogP contribution in [-0.4, -0.2) is 23.5 Å². The molecule has 0 fully saturated rings.